The van der Waals surface area contributed by atoms with E-state index in [-0.39, 0.29) is 11.7 Å². The zero-order valence-electron chi connectivity index (χ0n) is 9.71. The van der Waals surface area contributed by atoms with Gasteiger partial charge in [-0.15, -0.1) is 11.6 Å². The molecule has 2 aromatic carbocycles. The molecule has 0 amide bonds. The number of hydrogen-bond acceptors (Lipinski definition) is 1. The highest BCUT2D eigenvalue weighted by molar-refractivity contribution is 6.30. The number of benzene rings is 2. The predicted molar refractivity (Wildman–Crippen MR) is 72.2 cm³/mol. The highest BCUT2D eigenvalue weighted by atomic mass is 35.5. The molecular weight excluding hydrogens is 274 g/mol. The minimum Gasteiger partial charge on any atom is -0.457 e. The first-order chi connectivity index (χ1) is 8.60. The summed E-state index contributed by atoms with van der Waals surface area (Å²) >= 11 is 11.6. The standard InChI is InChI=1S/C14H11Cl2FO/c1-9-6-11(16)2-4-13(9)18-14-5-3-12(17)7-10(14)8-15/h2-7H,8H2,1H3. The SMILES string of the molecule is Cc1cc(Cl)ccc1Oc1ccc(F)cc1CCl. The lowest BCUT2D eigenvalue weighted by Gasteiger charge is -2.12. The molecule has 0 unspecified atom stereocenters. The van der Waals surface area contributed by atoms with E-state index >= 15 is 0 Å². The van der Waals surface area contributed by atoms with Crippen LogP contribution in [0.4, 0.5) is 4.39 Å². The Hall–Kier alpha value is -1.25. The molecule has 4 heteroatoms. The zero-order valence-corrected chi connectivity index (χ0v) is 11.2. The van der Waals surface area contributed by atoms with E-state index in [0.717, 1.165) is 5.56 Å². The molecule has 0 bridgehead atoms. The minimum atomic E-state index is -0.328. The number of rotatable bonds is 3. The molecule has 0 N–H and O–H groups in total. The highest BCUT2D eigenvalue weighted by Crippen LogP contribution is 2.30. The summed E-state index contributed by atoms with van der Waals surface area (Å²) < 4.78 is 18.8. The van der Waals surface area contributed by atoms with Gasteiger partial charge in [0.15, 0.2) is 0 Å². The van der Waals surface area contributed by atoms with Gasteiger partial charge in [0.2, 0.25) is 0 Å². The molecule has 1 nitrogen and oxygen atoms in total. The van der Waals surface area contributed by atoms with Crippen LogP contribution in [-0.2, 0) is 5.88 Å². The van der Waals surface area contributed by atoms with Crippen LogP contribution in [-0.4, -0.2) is 0 Å². The Kier molecular flexibility index (Phi) is 4.10. The topological polar surface area (TPSA) is 9.23 Å². The van der Waals surface area contributed by atoms with Crippen LogP contribution in [0.2, 0.25) is 5.02 Å². The van der Waals surface area contributed by atoms with E-state index in [1.54, 1.807) is 24.3 Å². The Morgan fingerprint density at radius 1 is 1.11 bits per heavy atom. The van der Waals surface area contributed by atoms with Crippen LogP contribution in [0, 0.1) is 12.7 Å². The normalized spacial score (nSPS) is 10.4. The van der Waals surface area contributed by atoms with Crippen molar-refractivity contribution in [3.05, 3.63) is 58.4 Å². The smallest absolute Gasteiger partial charge is 0.132 e. The zero-order chi connectivity index (χ0) is 13.1. The second kappa shape index (κ2) is 5.59. The van der Waals surface area contributed by atoms with Gasteiger partial charge < -0.3 is 4.74 Å². The summed E-state index contributed by atoms with van der Waals surface area (Å²) in [5.41, 5.74) is 1.53. The molecular formula is C14H11Cl2FO. The van der Waals surface area contributed by atoms with Gasteiger partial charge in [-0.2, -0.15) is 0 Å². The van der Waals surface area contributed by atoms with Crippen molar-refractivity contribution < 1.29 is 9.13 Å². The van der Waals surface area contributed by atoms with Crippen molar-refractivity contribution in [2.75, 3.05) is 0 Å². The second-order valence-electron chi connectivity index (χ2n) is 3.90. The number of alkyl halides is 1. The highest BCUT2D eigenvalue weighted by Gasteiger charge is 2.07. The van der Waals surface area contributed by atoms with Crippen LogP contribution >= 0.6 is 23.2 Å². The first kappa shape index (κ1) is 13.2. The molecule has 0 aliphatic rings. The van der Waals surface area contributed by atoms with Gasteiger partial charge in [0.05, 0.1) is 5.88 Å². The molecule has 0 radical (unpaired) electrons. The summed E-state index contributed by atoms with van der Waals surface area (Å²) in [6, 6.07) is 9.61. The molecule has 0 aliphatic carbocycles. The van der Waals surface area contributed by atoms with Gasteiger partial charge in [-0.1, -0.05) is 11.6 Å². The van der Waals surface area contributed by atoms with Crippen molar-refractivity contribution in [1.82, 2.24) is 0 Å². The Labute approximate surface area is 115 Å². The van der Waals surface area contributed by atoms with E-state index < -0.39 is 0 Å². The largest absolute Gasteiger partial charge is 0.457 e. The molecule has 0 saturated carbocycles. The van der Waals surface area contributed by atoms with Crippen molar-refractivity contribution in [2.45, 2.75) is 12.8 Å². The van der Waals surface area contributed by atoms with Gasteiger partial charge in [0.1, 0.15) is 17.3 Å². The molecule has 0 heterocycles. The summed E-state index contributed by atoms with van der Waals surface area (Å²) in [5.74, 6) is 1.10. The summed E-state index contributed by atoms with van der Waals surface area (Å²) in [5, 5.41) is 0.650. The fourth-order valence-corrected chi connectivity index (χ4v) is 2.03. The molecule has 18 heavy (non-hydrogen) atoms. The van der Waals surface area contributed by atoms with Gasteiger partial charge in [0.25, 0.3) is 0 Å². The van der Waals surface area contributed by atoms with Crippen LogP contribution in [0.1, 0.15) is 11.1 Å². The molecule has 0 spiro atoms. The quantitative estimate of drug-likeness (QED) is 0.693. The third kappa shape index (κ3) is 2.95. The third-order valence-electron chi connectivity index (χ3n) is 2.52. The first-order valence-electron chi connectivity index (χ1n) is 5.38. The molecule has 0 atom stereocenters. The monoisotopic (exact) mass is 284 g/mol. The van der Waals surface area contributed by atoms with Gasteiger partial charge in [0, 0.05) is 10.6 Å². The number of aryl methyl sites for hydroxylation is 1. The van der Waals surface area contributed by atoms with Gasteiger partial charge in [-0.3, -0.25) is 0 Å². The lowest BCUT2D eigenvalue weighted by molar-refractivity contribution is 0.472. The lowest BCUT2D eigenvalue weighted by Crippen LogP contribution is -1.92. The molecule has 2 rings (SSSR count). The van der Waals surface area contributed by atoms with Gasteiger partial charge >= 0.3 is 0 Å². The van der Waals surface area contributed by atoms with Crippen molar-refractivity contribution in [3.8, 4) is 11.5 Å². The van der Waals surface area contributed by atoms with Crippen molar-refractivity contribution in [1.29, 1.82) is 0 Å². The maximum absolute atomic E-state index is 13.1. The Bertz CT molecular complexity index is 570. The van der Waals surface area contributed by atoms with E-state index in [9.17, 15) is 4.39 Å². The van der Waals surface area contributed by atoms with Gasteiger partial charge in [-0.05, 0) is 48.9 Å². The van der Waals surface area contributed by atoms with Crippen LogP contribution < -0.4 is 4.74 Å². The van der Waals surface area contributed by atoms with Crippen LogP contribution in [0.5, 0.6) is 11.5 Å². The average molecular weight is 285 g/mol. The molecule has 0 saturated heterocycles. The van der Waals surface area contributed by atoms with Crippen LogP contribution in [0.25, 0.3) is 0 Å². The molecule has 0 aliphatic heterocycles. The van der Waals surface area contributed by atoms with E-state index in [0.29, 0.717) is 22.1 Å². The summed E-state index contributed by atoms with van der Waals surface area (Å²) in [6.07, 6.45) is 0. The minimum absolute atomic E-state index is 0.194. The van der Waals surface area contributed by atoms with E-state index in [2.05, 4.69) is 0 Å². The summed E-state index contributed by atoms with van der Waals surface area (Å²) in [6.45, 7) is 1.89. The summed E-state index contributed by atoms with van der Waals surface area (Å²) in [4.78, 5) is 0. The predicted octanol–water partition coefficient (Wildman–Crippen LogP) is 5.32. The Morgan fingerprint density at radius 3 is 2.50 bits per heavy atom. The Balaban J connectivity index is 2.33. The van der Waals surface area contributed by atoms with E-state index in [1.165, 1.54) is 12.1 Å². The second-order valence-corrected chi connectivity index (χ2v) is 4.60. The lowest BCUT2D eigenvalue weighted by atomic mass is 10.2. The molecule has 0 aromatic heterocycles. The Morgan fingerprint density at radius 2 is 1.83 bits per heavy atom. The van der Waals surface area contributed by atoms with Crippen molar-refractivity contribution in [2.24, 2.45) is 0 Å². The van der Waals surface area contributed by atoms with Crippen LogP contribution in [0.3, 0.4) is 0 Å². The maximum atomic E-state index is 13.1. The van der Waals surface area contributed by atoms with Crippen LogP contribution in [0.15, 0.2) is 36.4 Å². The number of hydrogen-bond donors (Lipinski definition) is 0. The fourth-order valence-electron chi connectivity index (χ4n) is 1.60. The van der Waals surface area contributed by atoms with Crippen molar-refractivity contribution >= 4 is 23.2 Å². The molecule has 94 valence electrons. The van der Waals surface area contributed by atoms with Crippen molar-refractivity contribution in [3.63, 3.8) is 0 Å². The average Bonchev–Trinajstić information content (AvgIpc) is 2.34. The number of ether oxygens (including phenoxy) is 1. The number of halogens is 3. The van der Waals surface area contributed by atoms with E-state index in [4.69, 9.17) is 27.9 Å². The molecule has 2 aromatic rings. The maximum Gasteiger partial charge on any atom is 0.132 e. The van der Waals surface area contributed by atoms with Gasteiger partial charge in [-0.25, -0.2) is 4.39 Å². The molecule has 0 fully saturated rings. The first-order valence-corrected chi connectivity index (χ1v) is 6.30. The fraction of sp³-hybridized carbons (Fsp3) is 0.143. The van der Waals surface area contributed by atoms with E-state index in [1.807, 2.05) is 6.92 Å². The third-order valence-corrected chi connectivity index (χ3v) is 3.05. The summed E-state index contributed by atoms with van der Waals surface area (Å²) in [7, 11) is 0.